The first kappa shape index (κ1) is 16.6. The Balaban J connectivity index is 1.92. The standard InChI is InChI=1S/C18H26N2O2/c1-14(2)13-22-16-10-8-15(9-11-16)19-18(21)17-7-5-4-6-12-20(17)3/h8-11,17H,1,4-7,12-13H2,2-3H3,(H,19,21). The Bertz CT molecular complexity index is 510. The molecule has 2 rings (SSSR count). The minimum absolute atomic E-state index is 0.0261. The highest BCUT2D eigenvalue weighted by atomic mass is 16.5. The van der Waals surface area contributed by atoms with E-state index in [1.165, 1.54) is 12.8 Å². The zero-order valence-corrected chi connectivity index (χ0v) is 13.6. The smallest absolute Gasteiger partial charge is 0.241 e. The maximum atomic E-state index is 12.4. The van der Waals surface area contributed by atoms with Gasteiger partial charge in [0.25, 0.3) is 0 Å². The number of nitrogens with one attached hydrogen (secondary N) is 1. The Kier molecular flexibility index (Phi) is 6.01. The second-order valence-corrected chi connectivity index (χ2v) is 6.11. The molecule has 1 amide bonds. The van der Waals surface area contributed by atoms with Crippen molar-refractivity contribution >= 4 is 11.6 Å². The molecular formula is C18H26N2O2. The Morgan fingerprint density at radius 2 is 2.05 bits per heavy atom. The van der Waals surface area contributed by atoms with Crippen LogP contribution in [0.4, 0.5) is 5.69 Å². The molecule has 0 bridgehead atoms. The van der Waals surface area contributed by atoms with Gasteiger partial charge in [-0.25, -0.2) is 0 Å². The van der Waals surface area contributed by atoms with Crippen LogP contribution in [0.2, 0.25) is 0 Å². The molecule has 1 fully saturated rings. The van der Waals surface area contributed by atoms with Crippen LogP contribution in [0.3, 0.4) is 0 Å². The number of hydrogen-bond donors (Lipinski definition) is 1. The number of rotatable bonds is 5. The molecule has 1 aliphatic heterocycles. The summed E-state index contributed by atoms with van der Waals surface area (Å²) in [5.41, 5.74) is 1.79. The third-order valence-electron chi connectivity index (χ3n) is 3.93. The van der Waals surface area contributed by atoms with Gasteiger partial charge >= 0.3 is 0 Å². The van der Waals surface area contributed by atoms with Crippen LogP contribution in [-0.4, -0.2) is 37.0 Å². The summed E-state index contributed by atoms with van der Waals surface area (Å²) in [6.45, 7) is 7.24. The van der Waals surface area contributed by atoms with Crippen molar-refractivity contribution < 1.29 is 9.53 Å². The van der Waals surface area contributed by atoms with Crippen molar-refractivity contribution in [1.29, 1.82) is 0 Å². The van der Waals surface area contributed by atoms with E-state index in [1.54, 1.807) is 0 Å². The van der Waals surface area contributed by atoms with Crippen molar-refractivity contribution in [2.45, 2.75) is 38.6 Å². The van der Waals surface area contributed by atoms with Gasteiger partial charge in [-0.2, -0.15) is 0 Å². The number of carbonyl (C=O) groups is 1. The van der Waals surface area contributed by atoms with Crippen LogP contribution in [0.25, 0.3) is 0 Å². The van der Waals surface area contributed by atoms with E-state index in [0.717, 1.165) is 36.4 Å². The predicted octanol–water partition coefficient (Wildman–Crippen LogP) is 3.45. The molecule has 1 aromatic rings. The molecule has 0 spiro atoms. The van der Waals surface area contributed by atoms with Crippen molar-refractivity contribution in [3.05, 3.63) is 36.4 Å². The molecule has 1 atom stereocenters. The minimum atomic E-state index is -0.0261. The minimum Gasteiger partial charge on any atom is -0.489 e. The number of anilines is 1. The lowest BCUT2D eigenvalue weighted by Crippen LogP contribution is -2.41. The highest BCUT2D eigenvalue weighted by Crippen LogP contribution is 2.19. The van der Waals surface area contributed by atoms with Crippen LogP contribution in [-0.2, 0) is 4.79 Å². The van der Waals surface area contributed by atoms with E-state index in [-0.39, 0.29) is 11.9 Å². The summed E-state index contributed by atoms with van der Waals surface area (Å²) in [7, 11) is 2.03. The number of ether oxygens (including phenoxy) is 1. The van der Waals surface area contributed by atoms with Crippen molar-refractivity contribution in [3.63, 3.8) is 0 Å². The number of nitrogens with zero attached hydrogens (tertiary/aromatic N) is 1. The third kappa shape index (κ3) is 4.88. The predicted molar refractivity (Wildman–Crippen MR) is 90.3 cm³/mol. The van der Waals surface area contributed by atoms with E-state index >= 15 is 0 Å². The lowest BCUT2D eigenvalue weighted by atomic mass is 10.1. The van der Waals surface area contributed by atoms with Crippen molar-refractivity contribution in [2.75, 3.05) is 25.5 Å². The summed E-state index contributed by atoms with van der Waals surface area (Å²) < 4.78 is 5.56. The summed E-state index contributed by atoms with van der Waals surface area (Å²) in [6, 6.07) is 7.47. The average molecular weight is 302 g/mol. The SMILES string of the molecule is C=C(C)COc1ccc(NC(=O)C2CCCCCN2C)cc1. The van der Waals surface area contributed by atoms with Crippen molar-refractivity contribution in [2.24, 2.45) is 0 Å². The van der Waals surface area contributed by atoms with Gasteiger partial charge in [0.2, 0.25) is 5.91 Å². The molecule has 1 aromatic carbocycles. The quantitative estimate of drug-likeness (QED) is 0.847. The second-order valence-electron chi connectivity index (χ2n) is 6.11. The average Bonchev–Trinajstić information content (AvgIpc) is 2.71. The van der Waals surface area contributed by atoms with Crippen LogP contribution in [0, 0.1) is 0 Å². The van der Waals surface area contributed by atoms with E-state index in [4.69, 9.17) is 4.74 Å². The van der Waals surface area contributed by atoms with E-state index in [1.807, 2.05) is 38.2 Å². The molecule has 0 radical (unpaired) electrons. The number of likely N-dealkylation sites (N-methyl/N-ethyl adjacent to an activating group) is 1. The van der Waals surface area contributed by atoms with Gasteiger partial charge in [0, 0.05) is 5.69 Å². The molecule has 120 valence electrons. The Hall–Kier alpha value is -1.81. The molecule has 1 aliphatic rings. The van der Waals surface area contributed by atoms with Crippen LogP contribution in [0.1, 0.15) is 32.6 Å². The van der Waals surface area contributed by atoms with Gasteiger partial charge in [0.15, 0.2) is 0 Å². The number of benzene rings is 1. The molecule has 22 heavy (non-hydrogen) atoms. The summed E-state index contributed by atoms with van der Waals surface area (Å²) in [5.74, 6) is 0.868. The van der Waals surface area contributed by atoms with Gasteiger partial charge in [-0.15, -0.1) is 0 Å². The molecule has 4 nitrogen and oxygen atoms in total. The maximum absolute atomic E-state index is 12.4. The van der Waals surface area contributed by atoms with Crippen LogP contribution in [0.15, 0.2) is 36.4 Å². The molecule has 0 aromatic heterocycles. The molecule has 1 N–H and O–H groups in total. The topological polar surface area (TPSA) is 41.6 Å². The first-order valence-electron chi connectivity index (χ1n) is 7.94. The van der Waals surface area contributed by atoms with E-state index < -0.39 is 0 Å². The van der Waals surface area contributed by atoms with Gasteiger partial charge < -0.3 is 10.1 Å². The fraction of sp³-hybridized carbons (Fsp3) is 0.500. The summed E-state index contributed by atoms with van der Waals surface area (Å²) in [5, 5.41) is 3.01. The monoisotopic (exact) mass is 302 g/mol. The maximum Gasteiger partial charge on any atom is 0.241 e. The Morgan fingerprint density at radius 3 is 2.73 bits per heavy atom. The normalized spacial score (nSPS) is 19.3. The van der Waals surface area contributed by atoms with E-state index in [9.17, 15) is 4.79 Å². The number of hydrogen-bond acceptors (Lipinski definition) is 3. The van der Waals surface area contributed by atoms with Gasteiger partial charge in [-0.1, -0.05) is 19.4 Å². The summed E-state index contributed by atoms with van der Waals surface area (Å²) >= 11 is 0. The Morgan fingerprint density at radius 1 is 1.32 bits per heavy atom. The van der Waals surface area contributed by atoms with Crippen LogP contribution >= 0.6 is 0 Å². The van der Waals surface area contributed by atoms with Crippen LogP contribution in [0.5, 0.6) is 5.75 Å². The summed E-state index contributed by atoms with van der Waals surface area (Å²) in [6.07, 6.45) is 4.44. The molecule has 0 saturated carbocycles. The lowest BCUT2D eigenvalue weighted by molar-refractivity contribution is -0.120. The number of carbonyl (C=O) groups excluding carboxylic acids is 1. The molecular weight excluding hydrogens is 276 g/mol. The first-order valence-corrected chi connectivity index (χ1v) is 7.94. The molecule has 1 saturated heterocycles. The summed E-state index contributed by atoms with van der Waals surface area (Å²) in [4.78, 5) is 14.6. The van der Waals surface area contributed by atoms with Gasteiger partial charge in [0.05, 0.1) is 6.04 Å². The van der Waals surface area contributed by atoms with Crippen LogP contribution < -0.4 is 10.1 Å². The van der Waals surface area contributed by atoms with Crippen molar-refractivity contribution in [1.82, 2.24) is 4.90 Å². The lowest BCUT2D eigenvalue weighted by Gasteiger charge is -2.24. The zero-order valence-electron chi connectivity index (χ0n) is 13.6. The number of likely N-dealkylation sites (tertiary alicyclic amines) is 1. The van der Waals surface area contributed by atoms with E-state index in [2.05, 4.69) is 16.8 Å². The first-order chi connectivity index (χ1) is 10.6. The number of amides is 1. The van der Waals surface area contributed by atoms with Crippen molar-refractivity contribution in [3.8, 4) is 5.75 Å². The molecule has 1 heterocycles. The highest BCUT2D eigenvalue weighted by Gasteiger charge is 2.24. The highest BCUT2D eigenvalue weighted by molar-refractivity contribution is 5.94. The molecule has 0 aliphatic carbocycles. The molecule has 1 unspecified atom stereocenters. The van der Waals surface area contributed by atoms with E-state index in [0.29, 0.717) is 6.61 Å². The third-order valence-corrected chi connectivity index (χ3v) is 3.93. The van der Waals surface area contributed by atoms with Gasteiger partial charge in [-0.3, -0.25) is 9.69 Å². The molecule has 4 heteroatoms. The van der Waals surface area contributed by atoms with Gasteiger partial charge in [-0.05, 0) is 63.2 Å². The zero-order chi connectivity index (χ0) is 15.9. The largest absolute Gasteiger partial charge is 0.489 e. The fourth-order valence-electron chi connectivity index (χ4n) is 2.65. The second kappa shape index (κ2) is 7.99. The van der Waals surface area contributed by atoms with Gasteiger partial charge in [0.1, 0.15) is 12.4 Å². The Labute approximate surface area is 133 Å². The fourth-order valence-corrected chi connectivity index (χ4v) is 2.65.